The monoisotopic (exact) mass is 260 g/mol. The number of benzene rings is 1. The van der Waals surface area contributed by atoms with E-state index in [2.05, 4.69) is 62.3 Å². The first kappa shape index (κ1) is 14.4. The van der Waals surface area contributed by atoms with Gasteiger partial charge in [-0.1, -0.05) is 32.9 Å². The van der Waals surface area contributed by atoms with Gasteiger partial charge in [0.15, 0.2) is 0 Å². The van der Waals surface area contributed by atoms with Crippen molar-refractivity contribution in [1.29, 1.82) is 0 Å². The Morgan fingerprint density at radius 3 is 2.21 bits per heavy atom. The first-order valence-corrected chi connectivity index (χ1v) is 7.48. The van der Waals surface area contributed by atoms with Gasteiger partial charge in [-0.05, 0) is 62.0 Å². The van der Waals surface area contributed by atoms with Crippen molar-refractivity contribution < 1.29 is 0 Å². The average Bonchev–Trinajstić information content (AvgIpc) is 2.37. The molecule has 0 aromatic heterocycles. The Hall–Kier alpha value is -1.02. The van der Waals surface area contributed by atoms with E-state index < -0.39 is 0 Å². The van der Waals surface area contributed by atoms with Gasteiger partial charge in [0.1, 0.15) is 0 Å². The van der Waals surface area contributed by atoms with E-state index in [9.17, 15) is 0 Å². The average molecular weight is 260 g/mol. The second kappa shape index (κ2) is 5.96. The van der Waals surface area contributed by atoms with E-state index >= 15 is 0 Å². The molecule has 106 valence electrons. The van der Waals surface area contributed by atoms with Crippen LogP contribution >= 0.6 is 0 Å². The van der Waals surface area contributed by atoms with E-state index in [-0.39, 0.29) is 5.41 Å². The second-order valence-electron chi connectivity index (χ2n) is 6.95. The number of hydrogen-bond acceptors (Lipinski definition) is 2. The third kappa shape index (κ3) is 4.24. The molecule has 2 nitrogen and oxygen atoms in total. The summed E-state index contributed by atoms with van der Waals surface area (Å²) in [5, 5.41) is 3.59. The summed E-state index contributed by atoms with van der Waals surface area (Å²) in [6, 6.07) is 8.93. The number of hydrogen-bond donors (Lipinski definition) is 1. The maximum atomic E-state index is 3.59. The maximum Gasteiger partial charge on any atom is 0.0340 e. The standard InChI is InChI=1S/C17H28N2/c1-17(2,3)15-5-7-16(8-6-15)18-13-14-9-11-19(4)12-10-14/h5-8,14,18H,9-13H2,1-4H3. The van der Waals surface area contributed by atoms with Crippen LogP contribution < -0.4 is 5.32 Å². The normalized spacial score (nSPS) is 18.5. The molecule has 1 aliphatic heterocycles. The van der Waals surface area contributed by atoms with Gasteiger partial charge < -0.3 is 10.2 Å². The molecule has 0 aliphatic carbocycles. The Labute approximate surface area is 118 Å². The van der Waals surface area contributed by atoms with E-state index in [0.717, 1.165) is 12.5 Å². The Balaban J connectivity index is 1.83. The molecular formula is C17H28N2. The summed E-state index contributed by atoms with van der Waals surface area (Å²) in [7, 11) is 2.22. The van der Waals surface area contributed by atoms with Gasteiger partial charge in [0.05, 0.1) is 0 Å². The summed E-state index contributed by atoms with van der Waals surface area (Å²) in [6.45, 7) is 10.4. The molecule has 0 radical (unpaired) electrons. The largest absolute Gasteiger partial charge is 0.385 e. The number of likely N-dealkylation sites (tertiary alicyclic amines) is 1. The molecule has 2 heteroatoms. The number of rotatable bonds is 3. The van der Waals surface area contributed by atoms with Crippen LogP contribution in [0.5, 0.6) is 0 Å². The highest BCUT2D eigenvalue weighted by Gasteiger charge is 2.16. The summed E-state index contributed by atoms with van der Waals surface area (Å²) < 4.78 is 0. The van der Waals surface area contributed by atoms with Crippen LogP contribution in [-0.4, -0.2) is 31.6 Å². The van der Waals surface area contributed by atoms with Gasteiger partial charge in [-0.15, -0.1) is 0 Å². The van der Waals surface area contributed by atoms with E-state index in [0.29, 0.717) is 0 Å². The Morgan fingerprint density at radius 1 is 1.11 bits per heavy atom. The molecule has 0 bridgehead atoms. The van der Waals surface area contributed by atoms with Crippen molar-refractivity contribution >= 4 is 5.69 Å². The fourth-order valence-electron chi connectivity index (χ4n) is 2.62. The molecule has 1 aromatic rings. The molecule has 0 amide bonds. The molecule has 1 saturated heterocycles. The van der Waals surface area contributed by atoms with E-state index in [1.54, 1.807) is 0 Å². The highest BCUT2D eigenvalue weighted by molar-refractivity contribution is 5.45. The fraction of sp³-hybridized carbons (Fsp3) is 0.647. The van der Waals surface area contributed by atoms with Gasteiger partial charge in [0, 0.05) is 12.2 Å². The minimum Gasteiger partial charge on any atom is -0.385 e. The van der Waals surface area contributed by atoms with Gasteiger partial charge >= 0.3 is 0 Å². The van der Waals surface area contributed by atoms with E-state index in [1.807, 2.05) is 0 Å². The van der Waals surface area contributed by atoms with Crippen molar-refractivity contribution in [3.05, 3.63) is 29.8 Å². The molecule has 0 saturated carbocycles. The third-order valence-corrected chi connectivity index (χ3v) is 4.18. The van der Waals surface area contributed by atoms with Crippen molar-refractivity contribution in [2.45, 2.75) is 39.0 Å². The van der Waals surface area contributed by atoms with Crippen molar-refractivity contribution in [1.82, 2.24) is 4.90 Å². The fourth-order valence-corrected chi connectivity index (χ4v) is 2.62. The second-order valence-corrected chi connectivity index (χ2v) is 6.95. The number of nitrogens with zero attached hydrogens (tertiary/aromatic N) is 1. The van der Waals surface area contributed by atoms with E-state index in [1.165, 1.54) is 37.2 Å². The molecule has 0 atom stereocenters. The molecule has 1 fully saturated rings. The summed E-state index contributed by atoms with van der Waals surface area (Å²) in [4.78, 5) is 2.43. The third-order valence-electron chi connectivity index (χ3n) is 4.18. The maximum absolute atomic E-state index is 3.59. The quantitative estimate of drug-likeness (QED) is 0.890. The van der Waals surface area contributed by atoms with Crippen molar-refractivity contribution in [3.8, 4) is 0 Å². The van der Waals surface area contributed by atoms with Crippen LogP contribution in [-0.2, 0) is 5.41 Å². The van der Waals surface area contributed by atoms with Crippen LogP contribution in [0.3, 0.4) is 0 Å². The zero-order valence-electron chi connectivity index (χ0n) is 12.9. The van der Waals surface area contributed by atoms with Crippen LogP contribution in [0.25, 0.3) is 0 Å². The molecular weight excluding hydrogens is 232 g/mol. The molecule has 0 unspecified atom stereocenters. The predicted octanol–water partition coefficient (Wildman–Crippen LogP) is 3.74. The highest BCUT2D eigenvalue weighted by Crippen LogP contribution is 2.24. The Bertz CT molecular complexity index is 381. The SMILES string of the molecule is CN1CCC(CNc2ccc(C(C)(C)C)cc2)CC1. The first-order valence-electron chi connectivity index (χ1n) is 7.48. The highest BCUT2D eigenvalue weighted by atomic mass is 15.1. The van der Waals surface area contributed by atoms with Crippen molar-refractivity contribution in [2.75, 3.05) is 32.0 Å². The lowest BCUT2D eigenvalue weighted by Crippen LogP contribution is -2.32. The zero-order chi connectivity index (χ0) is 13.9. The zero-order valence-corrected chi connectivity index (χ0v) is 12.9. The van der Waals surface area contributed by atoms with Crippen LogP contribution in [0.2, 0.25) is 0 Å². The molecule has 1 aromatic carbocycles. The van der Waals surface area contributed by atoms with Crippen LogP contribution in [0.15, 0.2) is 24.3 Å². The van der Waals surface area contributed by atoms with E-state index in [4.69, 9.17) is 0 Å². The number of nitrogens with one attached hydrogen (secondary N) is 1. The lowest BCUT2D eigenvalue weighted by molar-refractivity contribution is 0.226. The van der Waals surface area contributed by atoms with Gasteiger partial charge in [-0.2, -0.15) is 0 Å². The molecule has 0 spiro atoms. The molecule has 1 N–H and O–H groups in total. The summed E-state index contributed by atoms with van der Waals surface area (Å²) in [5.41, 5.74) is 2.90. The molecule has 1 aliphatic rings. The minimum atomic E-state index is 0.243. The number of piperidine rings is 1. The smallest absolute Gasteiger partial charge is 0.0340 e. The Kier molecular flexibility index (Phi) is 4.51. The number of anilines is 1. The first-order chi connectivity index (χ1) is 8.95. The van der Waals surface area contributed by atoms with Gasteiger partial charge in [0.25, 0.3) is 0 Å². The molecule has 19 heavy (non-hydrogen) atoms. The van der Waals surface area contributed by atoms with Crippen LogP contribution in [0, 0.1) is 5.92 Å². The summed E-state index contributed by atoms with van der Waals surface area (Å²) in [6.07, 6.45) is 2.65. The predicted molar refractivity (Wildman–Crippen MR) is 83.9 cm³/mol. The molecule has 2 rings (SSSR count). The molecule has 1 heterocycles. The van der Waals surface area contributed by atoms with Gasteiger partial charge in [-0.3, -0.25) is 0 Å². The van der Waals surface area contributed by atoms with Crippen LogP contribution in [0.1, 0.15) is 39.2 Å². The topological polar surface area (TPSA) is 15.3 Å². The van der Waals surface area contributed by atoms with Crippen LogP contribution in [0.4, 0.5) is 5.69 Å². The summed E-state index contributed by atoms with van der Waals surface area (Å²) >= 11 is 0. The van der Waals surface area contributed by atoms with Gasteiger partial charge in [0.2, 0.25) is 0 Å². The lowest BCUT2D eigenvalue weighted by Gasteiger charge is -2.29. The Morgan fingerprint density at radius 2 is 1.68 bits per heavy atom. The van der Waals surface area contributed by atoms with Crippen molar-refractivity contribution in [3.63, 3.8) is 0 Å². The lowest BCUT2D eigenvalue weighted by atomic mass is 9.87. The summed E-state index contributed by atoms with van der Waals surface area (Å²) in [5.74, 6) is 0.832. The van der Waals surface area contributed by atoms with Gasteiger partial charge in [-0.25, -0.2) is 0 Å². The van der Waals surface area contributed by atoms with Crippen molar-refractivity contribution in [2.24, 2.45) is 5.92 Å². The minimum absolute atomic E-state index is 0.243.